The van der Waals surface area contributed by atoms with Crippen molar-refractivity contribution in [2.45, 2.75) is 12.5 Å². The predicted molar refractivity (Wildman–Crippen MR) is 80.1 cm³/mol. The fourth-order valence-electron chi connectivity index (χ4n) is 2.01. The number of esters is 1. The van der Waals surface area contributed by atoms with E-state index in [1.165, 1.54) is 0 Å². The van der Waals surface area contributed by atoms with Crippen LogP contribution in [0.4, 0.5) is 0 Å². The minimum Gasteiger partial charge on any atom is -0.449 e. The highest BCUT2D eigenvalue weighted by Gasteiger charge is 2.15. The van der Waals surface area contributed by atoms with Gasteiger partial charge in [-0.1, -0.05) is 54.6 Å². The molecule has 4 heteroatoms. The van der Waals surface area contributed by atoms with Gasteiger partial charge in [-0.15, -0.1) is 0 Å². The third-order valence-corrected chi connectivity index (χ3v) is 3.10. The summed E-state index contributed by atoms with van der Waals surface area (Å²) in [4.78, 5) is 11.5. The first-order valence-corrected chi connectivity index (χ1v) is 6.64. The zero-order chi connectivity index (χ0) is 15.1. The Morgan fingerprint density at radius 2 is 1.71 bits per heavy atom. The molecule has 4 nitrogen and oxygen atoms in total. The van der Waals surface area contributed by atoms with E-state index in [2.05, 4.69) is 0 Å². The average Bonchev–Trinajstić information content (AvgIpc) is 2.54. The molecule has 0 fully saturated rings. The number of carbonyl (C=O) groups excluding carboxylic acids is 1. The van der Waals surface area contributed by atoms with Gasteiger partial charge < -0.3 is 10.5 Å². The molecule has 0 saturated carbocycles. The normalized spacial score (nSPS) is 11.4. The summed E-state index contributed by atoms with van der Waals surface area (Å²) in [6.07, 6.45) is 0.388. The summed E-state index contributed by atoms with van der Waals surface area (Å²) in [5.74, 6) is -0.552. The van der Waals surface area contributed by atoms with Crippen molar-refractivity contribution in [2.75, 3.05) is 6.61 Å². The predicted octanol–water partition coefficient (Wildman–Crippen LogP) is 2.29. The van der Waals surface area contributed by atoms with Crippen LogP contribution in [0.15, 0.2) is 54.6 Å². The van der Waals surface area contributed by atoms with Crippen molar-refractivity contribution in [3.63, 3.8) is 0 Å². The molecule has 2 aromatic carbocycles. The zero-order valence-electron chi connectivity index (χ0n) is 11.5. The lowest BCUT2D eigenvalue weighted by Crippen LogP contribution is -2.34. The van der Waals surface area contributed by atoms with E-state index < -0.39 is 12.0 Å². The first-order chi connectivity index (χ1) is 10.2. The third kappa shape index (κ3) is 4.16. The maximum Gasteiger partial charge on any atom is 0.324 e. The minimum atomic E-state index is -0.749. The van der Waals surface area contributed by atoms with Gasteiger partial charge in [0.25, 0.3) is 0 Å². The second kappa shape index (κ2) is 7.22. The Balaban J connectivity index is 2.00. The van der Waals surface area contributed by atoms with E-state index in [1.807, 2.05) is 54.6 Å². The molecule has 0 amide bonds. The quantitative estimate of drug-likeness (QED) is 0.852. The molecule has 0 aliphatic carbocycles. The maximum absolute atomic E-state index is 11.5. The number of hydrogen-bond donors (Lipinski definition) is 1. The summed E-state index contributed by atoms with van der Waals surface area (Å²) in [5, 5.41) is 8.36. The highest BCUT2D eigenvalue weighted by atomic mass is 16.5. The molecule has 2 aromatic rings. The Kier molecular flexibility index (Phi) is 5.08. The summed E-state index contributed by atoms with van der Waals surface area (Å²) in [6.45, 7) is -0.264. The van der Waals surface area contributed by atoms with Gasteiger partial charge in [0.2, 0.25) is 0 Å². The summed E-state index contributed by atoms with van der Waals surface area (Å²) < 4.78 is 4.69. The summed E-state index contributed by atoms with van der Waals surface area (Å²) in [5.41, 5.74) is 8.96. The van der Waals surface area contributed by atoms with Crippen LogP contribution in [0.25, 0.3) is 11.1 Å². The van der Waals surface area contributed by atoms with Crippen LogP contribution in [-0.4, -0.2) is 18.6 Å². The van der Waals surface area contributed by atoms with Crippen molar-refractivity contribution < 1.29 is 9.53 Å². The van der Waals surface area contributed by atoms with E-state index >= 15 is 0 Å². The molecule has 0 heterocycles. The molecule has 0 bridgehead atoms. The monoisotopic (exact) mass is 280 g/mol. The molecule has 2 rings (SSSR count). The van der Waals surface area contributed by atoms with E-state index in [9.17, 15) is 4.79 Å². The van der Waals surface area contributed by atoms with Gasteiger partial charge in [-0.25, -0.2) is 0 Å². The van der Waals surface area contributed by atoms with Crippen LogP contribution in [-0.2, 0) is 16.0 Å². The highest BCUT2D eigenvalue weighted by Crippen LogP contribution is 2.19. The van der Waals surface area contributed by atoms with Crippen LogP contribution < -0.4 is 5.73 Å². The van der Waals surface area contributed by atoms with E-state index in [-0.39, 0.29) is 6.61 Å². The van der Waals surface area contributed by atoms with Crippen molar-refractivity contribution in [2.24, 2.45) is 5.73 Å². The molecular weight excluding hydrogens is 264 g/mol. The molecule has 0 aromatic heterocycles. The number of nitriles is 1. The van der Waals surface area contributed by atoms with Crippen LogP contribution in [0.5, 0.6) is 0 Å². The Morgan fingerprint density at radius 1 is 1.10 bits per heavy atom. The van der Waals surface area contributed by atoms with Gasteiger partial charge >= 0.3 is 5.97 Å². The van der Waals surface area contributed by atoms with E-state index in [0.29, 0.717) is 6.42 Å². The summed E-state index contributed by atoms with van der Waals surface area (Å²) in [6, 6.07) is 18.9. The smallest absolute Gasteiger partial charge is 0.324 e. The standard InChI is InChI=1S/C17H16N2O2/c18-10-11-21-17(20)16(19)12-13-6-8-15(9-7-13)14-4-2-1-3-5-14/h1-9,16H,11-12,19H2/t16-/m0/s1. The lowest BCUT2D eigenvalue weighted by Gasteiger charge is -2.10. The molecule has 21 heavy (non-hydrogen) atoms. The van der Waals surface area contributed by atoms with Crippen LogP contribution in [0.1, 0.15) is 5.56 Å². The summed E-state index contributed by atoms with van der Waals surface area (Å²) >= 11 is 0. The Bertz CT molecular complexity index is 630. The van der Waals surface area contributed by atoms with Crippen molar-refractivity contribution in [1.82, 2.24) is 0 Å². The van der Waals surface area contributed by atoms with E-state index in [1.54, 1.807) is 6.07 Å². The number of nitrogens with zero attached hydrogens (tertiary/aromatic N) is 1. The molecule has 0 aliphatic rings. The Hall–Kier alpha value is -2.64. The number of ether oxygens (including phenoxy) is 1. The second-order valence-corrected chi connectivity index (χ2v) is 4.64. The highest BCUT2D eigenvalue weighted by molar-refractivity contribution is 5.76. The molecule has 0 saturated heterocycles. The van der Waals surface area contributed by atoms with Crippen LogP contribution in [0.3, 0.4) is 0 Å². The zero-order valence-corrected chi connectivity index (χ0v) is 11.5. The lowest BCUT2D eigenvalue weighted by molar-refractivity contribution is -0.143. The van der Waals surface area contributed by atoms with Crippen LogP contribution in [0.2, 0.25) is 0 Å². The number of benzene rings is 2. The van der Waals surface area contributed by atoms with E-state index in [4.69, 9.17) is 15.7 Å². The largest absolute Gasteiger partial charge is 0.449 e. The molecule has 106 valence electrons. The van der Waals surface area contributed by atoms with Gasteiger partial charge in [-0.05, 0) is 23.1 Å². The van der Waals surface area contributed by atoms with Crippen LogP contribution in [0, 0.1) is 11.3 Å². The third-order valence-electron chi connectivity index (χ3n) is 3.10. The molecule has 0 spiro atoms. The summed E-state index contributed by atoms with van der Waals surface area (Å²) in [7, 11) is 0. The molecule has 1 atom stereocenters. The van der Waals surface area contributed by atoms with E-state index in [0.717, 1.165) is 16.7 Å². The fraction of sp³-hybridized carbons (Fsp3) is 0.176. The average molecular weight is 280 g/mol. The van der Waals surface area contributed by atoms with Gasteiger partial charge in [-0.2, -0.15) is 5.26 Å². The SMILES string of the molecule is N#CCOC(=O)[C@@H](N)Cc1ccc(-c2ccccc2)cc1. The van der Waals surface area contributed by atoms with Crippen molar-refractivity contribution in [3.05, 3.63) is 60.2 Å². The van der Waals surface area contributed by atoms with Gasteiger partial charge in [-0.3, -0.25) is 4.79 Å². The fourth-order valence-corrected chi connectivity index (χ4v) is 2.01. The molecule has 0 aliphatic heterocycles. The lowest BCUT2D eigenvalue weighted by atomic mass is 10.0. The number of nitrogens with two attached hydrogens (primary N) is 1. The maximum atomic E-state index is 11.5. The van der Waals surface area contributed by atoms with Crippen LogP contribution >= 0.6 is 0 Å². The molecular formula is C17H16N2O2. The van der Waals surface area contributed by atoms with Gasteiger partial charge in [0.15, 0.2) is 6.61 Å². The minimum absolute atomic E-state index is 0.264. The Morgan fingerprint density at radius 3 is 2.33 bits per heavy atom. The second-order valence-electron chi connectivity index (χ2n) is 4.64. The molecule has 0 radical (unpaired) electrons. The van der Waals surface area contributed by atoms with Crippen molar-refractivity contribution in [3.8, 4) is 17.2 Å². The Labute approximate surface area is 123 Å². The van der Waals surface area contributed by atoms with Crippen molar-refractivity contribution >= 4 is 5.97 Å². The van der Waals surface area contributed by atoms with Crippen molar-refractivity contribution in [1.29, 1.82) is 5.26 Å². The molecule has 2 N–H and O–H groups in total. The number of hydrogen-bond acceptors (Lipinski definition) is 4. The topological polar surface area (TPSA) is 76.1 Å². The van der Waals surface area contributed by atoms with Gasteiger partial charge in [0.05, 0.1) is 0 Å². The first-order valence-electron chi connectivity index (χ1n) is 6.64. The first kappa shape index (κ1) is 14.8. The molecule has 0 unspecified atom stereocenters. The van der Waals surface area contributed by atoms with Gasteiger partial charge in [0.1, 0.15) is 12.1 Å². The number of carbonyl (C=O) groups is 1. The van der Waals surface area contributed by atoms with Gasteiger partial charge in [0, 0.05) is 0 Å². The number of rotatable bonds is 5.